The Bertz CT molecular complexity index is 967. The Morgan fingerprint density at radius 1 is 1.42 bits per heavy atom. The van der Waals surface area contributed by atoms with Crippen molar-refractivity contribution in [2.75, 3.05) is 11.9 Å². The van der Waals surface area contributed by atoms with Gasteiger partial charge < -0.3 is 14.3 Å². The van der Waals surface area contributed by atoms with E-state index in [2.05, 4.69) is 15.3 Å². The number of ether oxygens (including phenoxy) is 1. The van der Waals surface area contributed by atoms with Gasteiger partial charge in [0.25, 0.3) is 0 Å². The molecule has 8 heteroatoms. The van der Waals surface area contributed by atoms with E-state index in [4.69, 9.17) is 9.15 Å². The van der Waals surface area contributed by atoms with Gasteiger partial charge in [-0.15, -0.1) is 0 Å². The van der Waals surface area contributed by atoms with Gasteiger partial charge in [0.2, 0.25) is 5.71 Å². The predicted octanol–water partition coefficient (Wildman–Crippen LogP) is 2.52. The van der Waals surface area contributed by atoms with Crippen molar-refractivity contribution >= 4 is 22.9 Å². The molecule has 2 aromatic heterocycles. The van der Waals surface area contributed by atoms with E-state index in [1.54, 1.807) is 19.1 Å². The molecule has 0 unspecified atom stereocenters. The molecule has 0 aliphatic carbocycles. The third-order valence-electron chi connectivity index (χ3n) is 3.21. The number of aromatic nitrogens is 2. The molecule has 0 fully saturated rings. The second-order valence-corrected chi connectivity index (χ2v) is 4.76. The number of nitrogens with one attached hydrogen (secondary N) is 1. The molecule has 3 rings (SSSR count). The molecular formula is C16H13N3O5. The van der Waals surface area contributed by atoms with Crippen LogP contribution in [0.3, 0.4) is 0 Å². The van der Waals surface area contributed by atoms with Crippen molar-refractivity contribution in [2.24, 2.45) is 0 Å². The van der Waals surface area contributed by atoms with Crippen LogP contribution in [0.4, 0.5) is 10.5 Å². The molecule has 0 saturated heterocycles. The molecule has 0 spiro atoms. The maximum atomic E-state index is 12.2. The monoisotopic (exact) mass is 327 g/mol. The van der Waals surface area contributed by atoms with Crippen LogP contribution < -0.4 is 10.7 Å². The number of benzene rings is 1. The van der Waals surface area contributed by atoms with E-state index < -0.39 is 6.09 Å². The first-order chi connectivity index (χ1) is 11.6. The lowest BCUT2D eigenvalue weighted by Crippen LogP contribution is -2.14. The van der Waals surface area contributed by atoms with Gasteiger partial charge in [-0.3, -0.25) is 10.1 Å². The van der Waals surface area contributed by atoms with E-state index in [1.807, 2.05) is 0 Å². The van der Waals surface area contributed by atoms with Crippen molar-refractivity contribution in [3.63, 3.8) is 0 Å². The maximum Gasteiger partial charge on any atom is 0.411 e. The Labute approximate surface area is 135 Å². The Morgan fingerprint density at radius 2 is 2.25 bits per heavy atom. The highest BCUT2D eigenvalue weighted by Gasteiger charge is 2.17. The lowest BCUT2D eigenvalue weighted by Gasteiger charge is -2.12. The van der Waals surface area contributed by atoms with Gasteiger partial charge in [-0.05, 0) is 19.1 Å². The van der Waals surface area contributed by atoms with Crippen molar-refractivity contribution in [1.29, 1.82) is 0 Å². The summed E-state index contributed by atoms with van der Waals surface area (Å²) in [7, 11) is 0. The molecule has 0 aliphatic rings. The number of aromatic hydroxyl groups is 1. The molecule has 0 radical (unpaired) electrons. The molecule has 8 nitrogen and oxygen atoms in total. The molecule has 1 aromatic carbocycles. The molecule has 2 N–H and O–H groups in total. The molecule has 3 aromatic rings. The minimum Gasteiger partial charge on any atom is -0.507 e. The molecule has 0 bridgehead atoms. The summed E-state index contributed by atoms with van der Waals surface area (Å²) < 4.78 is 10.4. The molecule has 0 saturated carbocycles. The highest BCUT2D eigenvalue weighted by atomic mass is 16.5. The van der Waals surface area contributed by atoms with Crippen molar-refractivity contribution < 1.29 is 19.1 Å². The maximum absolute atomic E-state index is 12.2. The summed E-state index contributed by atoms with van der Waals surface area (Å²) in [5.41, 5.74) is 0.114. The lowest BCUT2D eigenvalue weighted by molar-refractivity contribution is 0.168. The zero-order valence-electron chi connectivity index (χ0n) is 12.6. The number of phenolic OH excluding ortho intramolecular Hbond substituents is 1. The lowest BCUT2D eigenvalue weighted by atomic mass is 10.1. The number of anilines is 1. The molecule has 122 valence electrons. The second kappa shape index (κ2) is 6.37. The van der Waals surface area contributed by atoms with E-state index in [0.29, 0.717) is 0 Å². The Kier molecular flexibility index (Phi) is 4.11. The molecule has 1 amide bonds. The summed E-state index contributed by atoms with van der Waals surface area (Å²) >= 11 is 0. The van der Waals surface area contributed by atoms with Gasteiger partial charge in [0.15, 0.2) is 5.43 Å². The van der Waals surface area contributed by atoms with Gasteiger partial charge in [-0.25, -0.2) is 14.8 Å². The highest BCUT2D eigenvalue weighted by Crippen LogP contribution is 2.36. The summed E-state index contributed by atoms with van der Waals surface area (Å²) in [4.78, 5) is 31.5. The van der Waals surface area contributed by atoms with Gasteiger partial charge in [0.05, 0.1) is 17.9 Å². The van der Waals surface area contributed by atoms with E-state index in [9.17, 15) is 14.7 Å². The first-order valence-electron chi connectivity index (χ1n) is 7.10. The summed E-state index contributed by atoms with van der Waals surface area (Å²) in [6.07, 6.45) is 1.91. The van der Waals surface area contributed by atoms with Gasteiger partial charge in [-0.1, -0.05) is 6.07 Å². The molecule has 0 atom stereocenters. The average molecular weight is 327 g/mol. The Morgan fingerprint density at radius 3 is 3.04 bits per heavy atom. The largest absolute Gasteiger partial charge is 0.507 e. The van der Waals surface area contributed by atoms with Crippen LogP contribution in [0.25, 0.3) is 22.4 Å². The number of hydrogen-bond acceptors (Lipinski definition) is 7. The minimum atomic E-state index is -0.685. The topological polar surface area (TPSA) is 115 Å². The van der Waals surface area contributed by atoms with Gasteiger partial charge in [-0.2, -0.15) is 0 Å². The fourth-order valence-corrected chi connectivity index (χ4v) is 2.20. The van der Waals surface area contributed by atoms with E-state index in [0.717, 1.165) is 0 Å². The van der Waals surface area contributed by atoms with Crippen LogP contribution in [0.1, 0.15) is 6.92 Å². The van der Waals surface area contributed by atoms with Crippen molar-refractivity contribution in [1.82, 2.24) is 9.97 Å². The molecule has 0 aliphatic heterocycles. The van der Waals surface area contributed by atoms with Crippen LogP contribution in [0.15, 0.2) is 46.0 Å². The van der Waals surface area contributed by atoms with E-state index >= 15 is 0 Å². The van der Waals surface area contributed by atoms with Gasteiger partial charge in [0, 0.05) is 12.3 Å². The average Bonchev–Trinajstić information content (AvgIpc) is 2.55. The number of carbonyl (C=O) groups excluding carboxylic acids is 1. The van der Waals surface area contributed by atoms with Crippen LogP contribution in [-0.4, -0.2) is 27.8 Å². The summed E-state index contributed by atoms with van der Waals surface area (Å²) in [6.45, 7) is 1.87. The second-order valence-electron chi connectivity index (χ2n) is 4.76. The minimum absolute atomic E-state index is 0.0658. The van der Waals surface area contributed by atoms with Crippen molar-refractivity contribution in [3.05, 3.63) is 47.0 Å². The van der Waals surface area contributed by atoms with Crippen LogP contribution in [0.5, 0.6) is 5.75 Å². The number of fused-ring (bicyclic) bond motifs is 1. The van der Waals surface area contributed by atoms with Crippen molar-refractivity contribution in [3.8, 4) is 17.1 Å². The molecular weight excluding hydrogens is 314 g/mol. The van der Waals surface area contributed by atoms with Crippen LogP contribution >= 0.6 is 0 Å². The Balaban J connectivity index is 2.15. The number of phenols is 1. The quantitative estimate of drug-likeness (QED) is 0.759. The van der Waals surface area contributed by atoms with E-state index in [1.165, 1.54) is 24.7 Å². The number of rotatable bonds is 3. The third kappa shape index (κ3) is 2.89. The summed E-state index contributed by atoms with van der Waals surface area (Å²) in [5.74, 6) is -0.100. The third-order valence-corrected chi connectivity index (χ3v) is 3.21. The number of hydrogen-bond donors (Lipinski definition) is 2. The van der Waals surface area contributed by atoms with Crippen LogP contribution in [-0.2, 0) is 4.74 Å². The fourth-order valence-electron chi connectivity index (χ4n) is 2.20. The fraction of sp³-hybridized carbons (Fsp3) is 0.125. The number of nitrogens with zero attached hydrogens (tertiary/aromatic N) is 2. The summed E-state index contributed by atoms with van der Waals surface area (Å²) in [6, 6.07) is 5.71. The highest BCUT2D eigenvalue weighted by molar-refractivity contribution is 5.93. The van der Waals surface area contributed by atoms with Gasteiger partial charge >= 0.3 is 6.09 Å². The standard InChI is InChI=1S/C16H13N3O5/c1-2-23-16(22)19-10-4-3-5-11(20)14(10)13-6-12(21)9-7-17-8-18-15(9)24-13/h3-8,20H,2H2,1H3,(H,19,22). The summed E-state index contributed by atoms with van der Waals surface area (Å²) in [5, 5.41) is 12.9. The zero-order chi connectivity index (χ0) is 17.1. The first-order valence-corrected chi connectivity index (χ1v) is 7.10. The first kappa shape index (κ1) is 15.5. The van der Waals surface area contributed by atoms with Crippen molar-refractivity contribution in [2.45, 2.75) is 6.92 Å². The van der Waals surface area contributed by atoms with Crippen LogP contribution in [0.2, 0.25) is 0 Å². The van der Waals surface area contributed by atoms with Gasteiger partial charge in [0.1, 0.15) is 23.2 Å². The van der Waals surface area contributed by atoms with Crippen LogP contribution in [0, 0.1) is 0 Å². The smallest absolute Gasteiger partial charge is 0.411 e. The number of carbonyl (C=O) groups is 1. The molecule has 2 heterocycles. The normalized spacial score (nSPS) is 10.5. The Hall–Kier alpha value is -3.42. The SMILES string of the molecule is CCOC(=O)Nc1cccc(O)c1-c1cc(=O)c2cncnc2o1. The van der Waals surface area contributed by atoms with E-state index in [-0.39, 0.29) is 45.9 Å². The molecule has 24 heavy (non-hydrogen) atoms. The predicted molar refractivity (Wildman–Crippen MR) is 85.8 cm³/mol. The number of amides is 1. The zero-order valence-corrected chi connectivity index (χ0v) is 12.6.